The highest BCUT2D eigenvalue weighted by molar-refractivity contribution is 5.77. The van der Waals surface area contributed by atoms with E-state index in [0.717, 1.165) is 0 Å². The van der Waals surface area contributed by atoms with Gasteiger partial charge in [-0.15, -0.1) is 0 Å². The van der Waals surface area contributed by atoms with Crippen molar-refractivity contribution in [3.05, 3.63) is 0 Å². The van der Waals surface area contributed by atoms with Crippen LogP contribution in [0.2, 0.25) is 0 Å². The fourth-order valence-electron chi connectivity index (χ4n) is 0.846. The number of hydrogen-bond donors (Lipinski definition) is 3. The van der Waals surface area contributed by atoms with Gasteiger partial charge in [0.25, 0.3) is 0 Å². The summed E-state index contributed by atoms with van der Waals surface area (Å²) in [5.74, 6) is -0.0982. The average molecular weight is 218 g/mol. The van der Waals surface area contributed by atoms with Crippen molar-refractivity contribution < 1.29 is 14.6 Å². The third-order valence-corrected chi connectivity index (χ3v) is 1.65. The molecule has 0 saturated carbocycles. The Morgan fingerprint density at radius 3 is 2.53 bits per heavy atom. The van der Waals surface area contributed by atoms with Crippen molar-refractivity contribution >= 4 is 5.91 Å². The molecule has 1 amide bonds. The van der Waals surface area contributed by atoms with Crippen LogP contribution >= 0.6 is 0 Å². The van der Waals surface area contributed by atoms with Crippen LogP contribution in [-0.2, 0) is 9.53 Å². The molecule has 0 aromatic carbocycles. The van der Waals surface area contributed by atoms with Crippen LogP contribution in [0.25, 0.3) is 0 Å². The molecule has 0 saturated heterocycles. The molecule has 0 rings (SSSR count). The maximum absolute atomic E-state index is 10.8. The lowest BCUT2D eigenvalue weighted by atomic mass is 10.2. The third kappa shape index (κ3) is 9.65. The number of carbonyl (C=O) groups is 1. The first kappa shape index (κ1) is 14.3. The Morgan fingerprint density at radius 2 is 2.07 bits per heavy atom. The molecule has 0 fully saturated rings. The normalized spacial score (nSPS) is 13.7. The van der Waals surface area contributed by atoms with Gasteiger partial charge < -0.3 is 20.5 Å². The third-order valence-electron chi connectivity index (χ3n) is 1.65. The maximum Gasteiger partial charge on any atom is 0.233 e. The highest BCUT2D eigenvalue weighted by Crippen LogP contribution is 2.06. The summed E-state index contributed by atoms with van der Waals surface area (Å²) in [5, 5.41) is 14.8. The number of nitrogens with one attached hydrogen (secondary N) is 2. The van der Waals surface area contributed by atoms with Gasteiger partial charge in [-0.1, -0.05) is 0 Å². The summed E-state index contributed by atoms with van der Waals surface area (Å²) in [5.41, 5.74) is -0.248. The van der Waals surface area contributed by atoms with Gasteiger partial charge in [-0.2, -0.15) is 0 Å². The summed E-state index contributed by atoms with van der Waals surface area (Å²) in [6.07, 6.45) is -0.589. The maximum atomic E-state index is 10.8. The largest absolute Gasteiger partial charge is 0.389 e. The van der Waals surface area contributed by atoms with Gasteiger partial charge >= 0.3 is 0 Å². The molecular formula is C10H22N2O3. The monoisotopic (exact) mass is 218 g/mol. The number of likely N-dealkylation sites (N-methyl/N-ethyl adjacent to an activating group) is 1. The predicted octanol–water partition coefficient (Wildman–Crippen LogP) is -0.502. The molecule has 0 aromatic heterocycles. The number of amides is 1. The van der Waals surface area contributed by atoms with Gasteiger partial charge in [0.1, 0.15) is 0 Å². The Bertz CT molecular complexity index is 190. The number of hydrogen-bond acceptors (Lipinski definition) is 4. The zero-order chi connectivity index (χ0) is 11.9. The van der Waals surface area contributed by atoms with E-state index in [1.165, 1.54) is 0 Å². The van der Waals surface area contributed by atoms with Gasteiger partial charge in [-0.3, -0.25) is 4.79 Å². The summed E-state index contributed by atoms with van der Waals surface area (Å²) in [6.45, 7) is 6.61. The second kappa shape index (κ2) is 6.76. The van der Waals surface area contributed by atoms with Crippen LogP contribution in [0.4, 0.5) is 0 Å². The van der Waals surface area contributed by atoms with Crippen molar-refractivity contribution in [1.29, 1.82) is 0 Å². The van der Waals surface area contributed by atoms with Crippen LogP contribution in [0, 0.1) is 0 Å². The first-order chi connectivity index (χ1) is 6.85. The number of aliphatic hydroxyl groups excluding tert-OH is 1. The average Bonchev–Trinajstić information content (AvgIpc) is 2.13. The minimum absolute atomic E-state index is 0.0982. The topological polar surface area (TPSA) is 70.6 Å². The lowest BCUT2D eigenvalue weighted by Crippen LogP contribution is -2.38. The van der Waals surface area contributed by atoms with E-state index >= 15 is 0 Å². The summed E-state index contributed by atoms with van der Waals surface area (Å²) < 4.78 is 5.38. The first-order valence-electron chi connectivity index (χ1n) is 5.08. The van der Waals surface area contributed by atoms with Crippen molar-refractivity contribution in [2.75, 3.05) is 26.7 Å². The van der Waals surface area contributed by atoms with Crippen molar-refractivity contribution in [3.63, 3.8) is 0 Å². The van der Waals surface area contributed by atoms with Crippen LogP contribution in [-0.4, -0.2) is 49.5 Å². The second-order valence-corrected chi connectivity index (χ2v) is 4.38. The summed E-state index contributed by atoms with van der Waals surface area (Å²) >= 11 is 0. The van der Waals surface area contributed by atoms with Crippen molar-refractivity contribution in [1.82, 2.24) is 10.6 Å². The molecule has 5 nitrogen and oxygen atoms in total. The molecule has 0 heterocycles. The van der Waals surface area contributed by atoms with Gasteiger partial charge in [0.15, 0.2) is 0 Å². The molecule has 15 heavy (non-hydrogen) atoms. The van der Waals surface area contributed by atoms with Crippen LogP contribution in [0.15, 0.2) is 0 Å². The highest BCUT2D eigenvalue weighted by atomic mass is 16.5. The van der Waals surface area contributed by atoms with Crippen LogP contribution in [0.5, 0.6) is 0 Å². The first-order valence-corrected chi connectivity index (χ1v) is 5.08. The standard InChI is InChI=1S/C10H22N2O3/c1-10(2,3)15-7-8(13)5-12-6-9(14)11-4/h8,12-13H,5-7H2,1-4H3,(H,11,14). The van der Waals surface area contributed by atoms with Crippen LogP contribution < -0.4 is 10.6 Å². The molecule has 0 aliphatic rings. The van der Waals surface area contributed by atoms with Gasteiger partial charge in [-0.25, -0.2) is 0 Å². The lowest BCUT2D eigenvalue weighted by molar-refractivity contribution is -0.119. The fraction of sp³-hybridized carbons (Fsp3) is 0.900. The Labute approximate surface area is 91.2 Å². The fourth-order valence-corrected chi connectivity index (χ4v) is 0.846. The molecule has 5 heteroatoms. The van der Waals surface area contributed by atoms with Crippen LogP contribution in [0.3, 0.4) is 0 Å². The zero-order valence-electron chi connectivity index (χ0n) is 9.96. The predicted molar refractivity (Wildman–Crippen MR) is 58.6 cm³/mol. The van der Waals surface area contributed by atoms with Crippen LogP contribution in [0.1, 0.15) is 20.8 Å². The number of rotatable bonds is 6. The van der Waals surface area contributed by atoms with E-state index < -0.39 is 6.10 Å². The smallest absolute Gasteiger partial charge is 0.233 e. The Hall–Kier alpha value is -0.650. The van der Waals surface area contributed by atoms with E-state index in [-0.39, 0.29) is 24.7 Å². The van der Waals surface area contributed by atoms with E-state index in [0.29, 0.717) is 6.54 Å². The van der Waals surface area contributed by atoms with E-state index in [2.05, 4.69) is 10.6 Å². The molecule has 0 aliphatic carbocycles. The Kier molecular flexibility index (Phi) is 6.47. The minimum Gasteiger partial charge on any atom is -0.389 e. The molecule has 90 valence electrons. The summed E-state index contributed by atoms with van der Waals surface area (Å²) in [7, 11) is 1.57. The van der Waals surface area contributed by atoms with E-state index in [4.69, 9.17) is 4.74 Å². The molecule has 0 spiro atoms. The van der Waals surface area contributed by atoms with Crippen molar-refractivity contribution in [2.45, 2.75) is 32.5 Å². The van der Waals surface area contributed by atoms with Crippen molar-refractivity contribution in [3.8, 4) is 0 Å². The molecule has 1 unspecified atom stereocenters. The summed E-state index contributed by atoms with van der Waals surface area (Å²) in [6, 6.07) is 0. The van der Waals surface area contributed by atoms with Gasteiger partial charge in [0, 0.05) is 13.6 Å². The minimum atomic E-state index is -0.589. The van der Waals surface area contributed by atoms with Gasteiger partial charge in [0.05, 0.1) is 24.9 Å². The molecule has 0 bridgehead atoms. The van der Waals surface area contributed by atoms with Gasteiger partial charge in [0.2, 0.25) is 5.91 Å². The quantitative estimate of drug-likeness (QED) is 0.562. The number of ether oxygens (including phenoxy) is 1. The van der Waals surface area contributed by atoms with Gasteiger partial charge in [-0.05, 0) is 20.8 Å². The molecule has 1 atom stereocenters. The lowest BCUT2D eigenvalue weighted by Gasteiger charge is -2.22. The SMILES string of the molecule is CNC(=O)CNCC(O)COC(C)(C)C. The summed E-state index contributed by atoms with van der Waals surface area (Å²) in [4.78, 5) is 10.8. The van der Waals surface area contributed by atoms with E-state index in [9.17, 15) is 9.90 Å². The molecular weight excluding hydrogens is 196 g/mol. The second-order valence-electron chi connectivity index (χ2n) is 4.38. The molecule has 0 radical (unpaired) electrons. The highest BCUT2D eigenvalue weighted by Gasteiger charge is 2.13. The molecule has 3 N–H and O–H groups in total. The number of carbonyl (C=O) groups excluding carboxylic acids is 1. The number of aliphatic hydroxyl groups is 1. The Balaban J connectivity index is 3.49. The molecule has 0 aliphatic heterocycles. The zero-order valence-corrected chi connectivity index (χ0v) is 9.96. The van der Waals surface area contributed by atoms with E-state index in [1.807, 2.05) is 20.8 Å². The Morgan fingerprint density at radius 1 is 1.47 bits per heavy atom. The molecule has 0 aromatic rings. The van der Waals surface area contributed by atoms with Crippen molar-refractivity contribution in [2.24, 2.45) is 0 Å². The van der Waals surface area contributed by atoms with E-state index in [1.54, 1.807) is 7.05 Å².